The van der Waals surface area contributed by atoms with Crippen LogP contribution in [0.5, 0.6) is 0 Å². The molecule has 0 aliphatic carbocycles. The van der Waals surface area contributed by atoms with E-state index in [2.05, 4.69) is 51.5 Å². The van der Waals surface area contributed by atoms with Crippen molar-refractivity contribution in [1.29, 1.82) is 0 Å². The minimum Gasteiger partial charge on any atom is -0.329 e. The fourth-order valence-corrected chi connectivity index (χ4v) is 2.59. The normalized spacial score (nSPS) is 10.7. The SMILES string of the molecule is CSc1ccc(N(C)c2ncnc3ccccc23)cc1. The maximum absolute atomic E-state index is 4.44. The molecule has 3 aromatic rings. The average Bonchev–Trinajstić information content (AvgIpc) is 2.54. The summed E-state index contributed by atoms with van der Waals surface area (Å²) >= 11 is 1.74. The summed E-state index contributed by atoms with van der Waals surface area (Å²) in [6.45, 7) is 0. The number of hydrogen-bond acceptors (Lipinski definition) is 4. The molecule has 100 valence electrons. The quantitative estimate of drug-likeness (QED) is 0.675. The highest BCUT2D eigenvalue weighted by Gasteiger charge is 2.09. The number of para-hydroxylation sites is 1. The first-order valence-corrected chi connectivity index (χ1v) is 7.59. The van der Waals surface area contributed by atoms with Gasteiger partial charge in [-0.1, -0.05) is 12.1 Å². The van der Waals surface area contributed by atoms with Crippen LogP contribution < -0.4 is 4.90 Å². The van der Waals surface area contributed by atoms with Crippen LogP contribution in [0.1, 0.15) is 0 Å². The number of fused-ring (bicyclic) bond motifs is 1. The molecule has 4 heteroatoms. The summed E-state index contributed by atoms with van der Waals surface area (Å²) < 4.78 is 0. The lowest BCUT2D eigenvalue weighted by atomic mass is 10.2. The highest BCUT2D eigenvalue weighted by molar-refractivity contribution is 7.98. The average molecular weight is 281 g/mol. The third kappa shape index (κ3) is 2.34. The van der Waals surface area contributed by atoms with Crippen molar-refractivity contribution >= 4 is 34.2 Å². The minimum absolute atomic E-state index is 0.924. The van der Waals surface area contributed by atoms with Gasteiger partial charge < -0.3 is 4.90 Å². The topological polar surface area (TPSA) is 29.0 Å². The van der Waals surface area contributed by atoms with Gasteiger partial charge in [0.25, 0.3) is 0 Å². The van der Waals surface area contributed by atoms with E-state index in [1.807, 2.05) is 25.2 Å². The third-order valence-electron chi connectivity index (χ3n) is 3.30. The molecule has 20 heavy (non-hydrogen) atoms. The highest BCUT2D eigenvalue weighted by atomic mass is 32.2. The van der Waals surface area contributed by atoms with E-state index in [1.165, 1.54) is 4.90 Å². The van der Waals surface area contributed by atoms with Gasteiger partial charge >= 0.3 is 0 Å². The number of thioether (sulfide) groups is 1. The summed E-state index contributed by atoms with van der Waals surface area (Å²) in [6, 6.07) is 16.5. The Morgan fingerprint density at radius 1 is 0.950 bits per heavy atom. The molecule has 0 atom stereocenters. The number of hydrogen-bond donors (Lipinski definition) is 0. The van der Waals surface area contributed by atoms with Crippen LogP contribution >= 0.6 is 11.8 Å². The Morgan fingerprint density at radius 2 is 1.70 bits per heavy atom. The van der Waals surface area contributed by atoms with E-state index in [0.29, 0.717) is 0 Å². The first-order chi connectivity index (χ1) is 9.79. The summed E-state index contributed by atoms with van der Waals surface area (Å²) in [4.78, 5) is 12.1. The van der Waals surface area contributed by atoms with Crippen LogP contribution in [0.15, 0.2) is 59.8 Å². The lowest BCUT2D eigenvalue weighted by molar-refractivity contribution is 1.11. The number of benzene rings is 2. The summed E-state index contributed by atoms with van der Waals surface area (Å²) in [6.07, 6.45) is 3.70. The standard InChI is InChI=1S/C16H15N3S/c1-19(12-7-9-13(20-2)10-8-12)16-14-5-3-4-6-15(14)17-11-18-16/h3-11H,1-2H3. The van der Waals surface area contributed by atoms with Gasteiger partial charge in [0.1, 0.15) is 12.1 Å². The molecule has 0 amide bonds. The maximum Gasteiger partial charge on any atom is 0.144 e. The molecular weight excluding hydrogens is 266 g/mol. The number of aromatic nitrogens is 2. The molecule has 0 aliphatic rings. The molecule has 0 fully saturated rings. The van der Waals surface area contributed by atoms with E-state index in [-0.39, 0.29) is 0 Å². The van der Waals surface area contributed by atoms with Gasteiger partial charge in [-0.25, -0.2) is 9.97 Å². The molecule has 0 radical (unpaired) electrons. The van der Waals surface area contributed by atoms with E-state index in [1.54, 1.807) is 18.1 Å². The second kappa shape index (κ2) is 5.51. The van der Waals surface area contributed by atoms with Crippen molar-refractivity contribution in [2.75, 3.05) is 18.2 Å². The fraction of sp³-hybridized carbons (Fsp3) is 0.125. The molecule has 0 saturated heterocycles. The molecule has 0 aliphatic heterocycles. The molecule has 2 aromatic carbocycles. The monoisotopic (exact) mass is 281 g/mol. The molecular formula is C16H15N3S. The Morgan fingerprint density at radius 3 is 2.45 bits per heavy atom. The van der Waals surface area contributed by atoms with Gasteiger partial charge in [0, 0.05) is 23.0 Å². The van der Waals surface area contributed by atoms with Gasteiger partial charge in [-0.3, -0.25) is 0 Å². The van der Waals surface area contributed by atoms with Crippen molar-refractivity contribution in [3.05, 3.63) is 54.9 Å². The second-order valence-corrected chi connectivity index (χ2v) is 5.35. The van der Waals surface area contributed by atoms with E-state index < -0.39 is 0 Å². The molecule has 0 saturated carbocycles. The summed E-state index contributed by atoms with van der Waals surface area (Å²) in [7, 11) is 2.03. The smallest absolute Gasteiger partial charge is 0.144 e. The number of anilines is 2. The van der Waals surface area contributed by atoms with Gasteiger partial charge in [0.2, 0.25) is 0 Å². The van der Waals surface area contributed by atoms with Crippen LogP contribution in [0.3, 0.4) is 0 Å². The van der Waals surface area contributed by atoms with E-state index in [4.69, 9.17) is 0 Å². The minimum atomic E-state index is 0.924. The van der Waals surface area contributed by atoms with Crippen molar-refractivity contribution < 1.29 is 0 Å². The van der Waals surface area contributed by atoms with Gasteiger partial charge in [0.05, 0.1) is 5.52 Å². The number of rotatable bonds is 3. The van der Waals surface area contributed by atoms with Crippen molar-refractivity contribution in [3.8, 4) is 0 Å². The zero-order chi connectivity index (χ0) is 13.9. The van der Waals surface area contributed by atoms with Crippen molar-refractivity contribution in [2.24, 2.45) is 0 Å². The predicted molar refractivity (Wildman–Crippen MR) is 85.8 cm³/mol. The molecule has 3 nitrogen and oxygen atoms in total. The molecule has 3 rings (SSSR count). The summed E-state index contributed by atoms with van der Waals surface area (Å²) in [5.41, 5.74) is 2.08. The fourth-order valence-electron chi connectivity index (χ4n) is 2.19. The van der Waals surface area contributed by atoms with Crippen LogP contribution in [0.4, 0.5) is 11.5 Å². The first kappa shape index (κ1) is 12.9. The van der Waals surface area contributed by atoms with Crippen LogP contribution in [0, 0.1) is 0 Å². The van der Waals surface area contributed by atoms with Gasteiger partial charge in [-0.2, -0.15) is 0 Å². The molecule has 0 bridgehead atoms. The molecule has 1 aromatic heterocycles. The van der Waals surface area contributed by atoms with E-state index in [0.717, 1.165) is 22.4 Å². The van der Waals surface area contributed by atoms with Crippen LogP contribution in [-0.2, 0) is 0 Å². The van der Waals surface area contributed by atoms with E-state index in [9.17, 15) is 0 Å². The van der Waals surface area contributed by atoms with Crippen molar-refractivity contribution in [3.63, 3.8) is 0 Å². The summed E-state index contributed by atoms with van der Waals surface area (Å²) in [5, 5.41) is 1.06. The van der Waals surface area contributed by atoms with Crippen LogP contribution in [0.2, 0.25) is 0 Å². The van der Waals surface area contributed by atoms with Gasteiger partial charge in [0.15, 0.2) is 0 Å². The lowest BCUT2D eigenvalue weighted by Gasteiger charge is -2.19. The van der Waals surface area contributed by atoms with Gasteiger partial charge in [-0.05, 0) is 42.7 Å². The molecule has 1 heterocycles. The van der Waals surface area contributed by atoms with E-state index >= 15 is 0 Å². The second-order valence-electron chi connectivity index (χ2n) is 4.47. The van der Waals surface area contributed by atoms with Crippen LogP contribution in [-0.4, -0.2) is 23.3 Å². The van der Waals surface area contributed by atoms with Crippen molar-refractivity contribution in [2.45, 2.75) is 4.90 Å². The molecule has 0 N–H and O–H groups in total. The van der Waals surface area contributed by atoms with Crippen molar-refractivity contribution in [1.82, 2.24) is 9.97 Å². The lowest BCUT2D eigenvalue weighted by Crippen LogP contribution is -2.11. The summed E-state index contributed by atoms with van der Waals surface area (Å²) in [5.74, 6) is 0.924. The third-order valence-corrected chi connectivity index (χ3v) is 4.04. The first-order valence-electron chi connectivity index (χ1n) is 6.37. The Labute approximate surface area is 122 Å². The predicted octanol–water partition coefficient (Wildman–Crippen LogP) is 4.12. The van der Waals surface area contributed by atoms with Gasteiger partial charge in [-0.15, -0.1) is 11.8 Å². The Bertz CT molecular complexity index is 720. The Kier molecular flexibility index (Phi) is 3.56. The maximum atomic E-state index is 4.44. The largest absolute Gasteiger partial charge is 0.329 e. The highest BCUT2D eigenvalue weighted by Crippen LogP contribution is 2.28. The zero-order valence-electron chi connectivity index (χ0n) is 11.4. The molecule has 0 spiro atoms. The zero-order valence-corrected chi connectivity index (χ0v) is 12.3. The molecule has 0 unspecified atom stereocenters. The Hall–Kier alpha value is -2.07. The number of nitrogens with zero attached hydrogens (tertiary/aromatic N) is 3. The van der Waals surface area contributed by atoms with Crippen LogP contribution in [0.25, 0.3) is 10.9 Å². The Balaban J connectivity index is 2.05.